The Bertz CT molecular complexity index is 66.5. The van der Waals surface area contributed by atoms with E-state index in [9.17, 15) is 0 Å². The first kappa shape index (κ1) is 6.21. The second kappa shape index (κ2) is 4.02. The van der Waals surface area contributed by atoms with E-state index in [4.69, 9.17) is 0 Å². The molecule has 1 heteroatoms. The van der Waals surface area contributed by atoms with Crippen molar-refractivity contribution in [1.29, 1.82) is 0 Å². The normalized spacial score (nSPS) is 22.0. The SMILES string of the molecule is C1=CSCCCCC1. The number of allylic oxidation sites excluding steroid dienone is 1. The van der Waals surface area contributed by atoms with Crippen LogP contribution in [-0.2, 0) is 0 Å². The summed E-state index contributed by atoms with van der Waals surface area (Å²) >= 11 is 1.95. The summed E-state index contributed by atoms with van der Waals surface area (Å²) < 4.78 is 0. The van der Waals surface area contributed by atoms with Crippen molar-refractivity contribution in [1.82, 2.24) is 0 Å². The minimum Gasteiger partial charge on any atom is -0.134 e. The zero-order chi connectivity index (χ0) is 5.66. The standard InChI is InChI=1S/C7H12S/c1-2-4-6-8-7-5-3-1/h4,6H,1-3,5,7H2. The lowest BCUT2D eigenvalue weighted by atomic mass is 10.2. The number of thioether (sulfide) groups is 1. The maximum absolute atomic E-state index is 2.28. The summed E-state index contributed by atoms with van der Waals surface area (Å²) in [4.78, 5) is 0. The Balaban J connectivity index is 2.17. The van der Waals surface area contributed by atoms with Gasteiger partial charge >= 0.3 is 0 Å². The minimum absolute atomic E-state index is 1.30. The van der Waals surface area contributed by atoms with E-state index in [1.165, 1.54) is 31.4 Å². The van der Waals surface area contributed by atoms with Gasteiger partial charge < -0.3 is 0 Å². The van der Waals surface area contributed by atoms with Crippen LogP contribution < -0.4 is 0 Å². The molecule has 0 saturated heterocycles. The van der Waals surface area contributed by atoms with Gasteiger partial charge in [-0.05, 0) is 30.4 Å². The molecular formula is C7H12S. The maximum atomic E-state index is 2.28. The summed E-state index contributed by atoms with van der Waals surface area (Å²) in [7, 11) is 0. The Kier molecular flexibility index (Phi) is 3.12. The molecule has 46 valence electrons. The van der Waals surface area contributed by atoms with Gasteiger partial charge in [0.05, 0.1) is 0 Å². The third-order valence-corrected chi connectivity index (χ3v) is 2.23. The van der Waals surface area contributed by atoms with E-state index in [1.807, 2.05) is 11.8 Å². The molecule has 8 heavy (non-hydrogen) atoms. The van der Waals surface area contributed by atoms with Crippen LogP contribution in [0.2, 0.25) is 0 Å². The van der Waals surface area contributed by atoms with Crippen molar-refractivity contribution < 1.29 is 0 Å². The van der Waals surface area contributed by atoms with Crippen molar-refractivity contribution >= 4 is 11.8 Å². The molecule has 0 N–H and O–H groups in total. The van der Waals surface area contributed by atoms with Crippen LogP contribution in [0.4, 0.5) is 0 Å². The highest BCUT2D eigenvalue weighted by atomic mass is 32.2. The van der Waals surface area contributed by atoms with Crippen LogP contribution in [-0.4, -0.2) is 5.75 Å². The van der Waals surface area contributed by atoms with E-state index in [0.29, 0.717) is 0 Å². The average molecular weight is 128 g/mol. The second-order valence-corrected chi connectivity index (χ2v) is 3.11. The van der Waals surface area contributed by atoms with Crippen LogP contribution in [0.3, 0.4) is 0 Å². The third kappa shape index (κ3) is 2.41. The summed E-state index contributed by atoms with van der Waals surface area (Å²) in [6.45, 7) is 0. The van der Waals surface area contributed by atoms with Crippen molar-refractivity contribution in [3.8, 4) is 0 Å². The largest absolute Gasteiger partial charge is 0.134 e. The Labute approximate surface area is 55.4 Å². The topological polar surface area (TPSA) is 0 Å². The van der Waals surface area contributed by atoms with Crippen molar-refractivity contribution in [2.24, 2.45) is 0 Å². The van der Waals surface area contributed by atoms with Crippen LogP contribution in [0.25, 0.3) is 0 Å². The molecule has 0 aromatic rings. The van der Waals surface area contributed by atoms with E-state index >= 15 is 0 Å². The predicted octanol–water partition coefficient (Wildman–Crippen LogP) is 2.81. The number of rotatable bonds is 0. The monoisotopic (exact) mass is 128 g/mol. The van der Waals surface area contributed by atoms with Crippen LogP contribution in [0.1, 0.15) is 25.7 Å². The molecule has 0 amide bonds. The van der Waals surface area contributed by atoms with E-state index in [-0.39, 0.29) is 0 Å². The molecule has 0 spiro atoms. The van der Waals surface area contributed by atoms with Crippen LogP contribution in [0, 0.1) is 0 Å². The summed E-state index contributed by atoms with van der Waals surface area (Å²) in [5.74, 6) is 1.33. The van der Waals surface area contributed by atoms with E-state index in [2.05, 4.69) is 11.5 Å². The molecule has 0 aliphatic carbocycles. The van der Waals surface area contributed by atoms with Crippen LogP contribution in [0.5, 0.6) is 0 Å². The lowest BCUT2D eigenvalue weighted by Crippen LogP contribution is -1.81. The summed E-state index contributed by atoms with van der Waals surface area (Å²) in [6.07, 6.45) is 7.82. The first-order valence-corrected chi connectivity index (χ1v) is 4.31. The summed E-state index contributed by atoms with van der Waals surface area (Å²) in [6, 6.07) is 0. The van der Waals surface area contributed by atoms with Gasteiger partial charge in [0, 0.05) is 0 Å². The van der Waals surface area contributed by atoms with Gasteiger partial charge in [0.15, 0.2) is 0 Å². The van der Waals surface area contributed by atoms with Crippen LogP contribution in [0.15, 0.2) is 11.5 Å². The minimum atomic E-state index is 1.30. The average Bonchev–Trinajstić information content (AvgIpc) is 1.62. The van der Waals surface area contributed by atoms with E-state index in [1.54, 1.807) is 0 Å². The van der Waals surface area contributed by atoms with Gasteiger partial charge in [0.25, 0.3) is 0 Å². The van der Waals surface area contributed by atoms with Gasteiger partial charge in [0.1, 0.15) is 0 Å². The Morgan fingerprint density at radius 3 is 3.12 bits per heavy atom. The Morgan fingerprint density at radius 2 is 2.12 bits per heavy atom. The van der Waals surface area contributed by atoms with Gasteiger partial charge in [-0.15, -0.1) is 11.8 Å². The molecule has 0 radical (unpaired) electrons. The lowest BCUT2D eigenvalue weighted by molar-refractivity contribution is 0.733. The van der Waals surface area contributed by atoms with Crippen LogP contribution >= 0.6 is 11.8 Å². The number of hydrogen-bond donors (Lipinski definition) is 0. The highest BCUT2D eigenvalue weighted by Gasteiger charge is 1.90. The third-order valence-electron chi connectivity index (χ3n) is 1.33. The van der Waals surface area contributed by atoms with Gasteiger partial charge in [-0.25, -0.2) is 0 Å². The van der Waals surface area contributed by atoms with Crippen molar-refractivity contribution in [3.05, 3.63) is 11.5 Å². The molecule has 1 heterocycles. The first-order chi connectivity index (χ1) is 4.00. The second-order valence-electron chi connectivity index (χ2n) is 2.09. The van der Waals surface area contributed by atoms with Crippen molar-refractivity contribution in [2.45, 2.75) is 25.7 Å². The molecule has 0 nitrogen and oxygen atoms in total. The summed E-state index contributed by atoms with van der Waals surface area (Å²) in [5.41, 5.74) is 0. The van der Waals surface area contributed by atoms with Gasteiger partial charge in [0.2, 0.25) is 0 Å². The van der Waals surface area contributed by atoms with E-state index < -0.39 is 0 Å². The highest BCUT2D eigenvalue weighted by Crippen LogP contribution is 2.13. The molecule has 0 fully saturated rings. The highest BCUT2D eigenvalue weighted by molar-refractivity contribution is 8.02. The molecular weight excluding hydrogens is 116 g/mol. The fourth-order valence-corrected chi connectivity index (χ4v) is 1.61. The van der Waals surface area contributed by atoms with E-state index in [0.717, 1.165) is 0 Å². The molecule has 1 aliphatic rings. The summed E-state index contributed by atoms with van der Waals surface area (Å²) in [5, 5.41) is 2.24. The molecule has 0 aromatic carbocycles. The zero-order valence-electron chi connectivity index (χ0n) is 5.10. The first-order valence-electron chi connectivity index (χ1n) is 3.27. The maximum Gasteiger partial charge on any atom is -0.00261 e. The molecule has 1 aliphatic heterocycles. The number of hydrogen-bond acceptors (Lipinski definition) is 1. The molecule has 1 rings (SSSR count). The molecule has 0 aromatic heterocycles. The Hall–Kier alpha value is 0.0900. The molecule has 0 unspecified atom stereocenters. The predicted molar refractivity (Wildman–Crippen MR) is 40.1 cm³/mol. The Morgan fingerprint density at radius 1 is 1.12 bits per heavy atom. The molecule has 0 saturated carbocycles. The lowest BCUT2D eigenvalue weighted by Gasteiger charge is -1.99. The molecule has 0 bridgehead atoms. The van der Waals surface area contributed by atoms with Gasteiger partial charge in [-0.1, -0.05) is 12.5 Å². The van der Waals surface area contributed by atoms with Crippen molar-refractivity contribution in [3.63, 3.8) is 0 Å². The van der Waals surface area contributed by atoms with Crippen molar-refractivity contribution in [2.75, 3.05) is 5.75 Å². The fourth-order valence-electron chi connectivity index (χ4n) is 0.828. The van der Waals surface area contributed by atoms with Gasteiger partial charge in [-0.3, -0.25) is 0 Å². The smallest absolute Gasteiger partial charge is 0.00261 e. The zero-order valence-corrected chi connectivity index (χ0v) is 5.91. The molecule has 0 atom stereocenters. The fraction of sp³-hybridized carbons (Fsp3) is 0.714. The quantitative estimate of drug-likeness (QED) is 0.483. The van der Waals surface area contributed by atoms with Gasteiger partial charge in [-0.2, -0.15) is 0 Å².